The number of aryl methyl sites for hydroxylation is 2. The van der Waals surface area contributed by atoms with Crippen molar-refractivity contribution < 1.29 is 9.84 Å². The third kappa shape index (κ3) is 2.62. The molecule has 0 spiro atoms. The van der Waals surface area contributed by atoms with Crippen molar-refractivity contribution in [2.75, 3.05) is 6.61 Å². The monoisotopic (exact) mass is 224 g/mol. The molecule has 16 heavy (non-hydrogen) atoms. The van der Waals surface area contributed by atoms with Crippen molar-refractivity contribution >= 4 is 0 Å². The van der Waals surface area contributed by atoms with Crippen LogP contribution < -0.4 is 0 Å². The van der Waals surface area contributed by atoms with E-state index in [-0.39, 0.29) is 6.10 Å². The van der Waals surface area contributed by atoms with E-state index < -0.39 is 5.60 Å². The highest BCUT2D eigenvalue weighted by molar-refractivity contribution is 5.01. The first-order chi connectivity index (χ1) is 7.59. The van der Waals surface area contributed by atoms with Gasteiger partial charge in [-0.25, -0.2) is 0 Å². The summed E-state index contributed by atoms with van der Waals surface area (Å²) >= 11 is 0. The van der Waals surface area contributed by atoms with Crippen LogP contribution in [-0.2, 0) is 18.2 Å². The zero-order valence-electron chi connectivity index (χ0n) is 10.0. The van der Waals surface area contributed by atoms with E-state index >= 15 is 0 Å². The Hall–Kier alpha value is -0.870. The molecular formula is C12H20N2O2. The van der Waals surface area contributed by atoms with Gasteiger partial charge in [-0.2, -0.15) is 5.10 Å². The zero-order chi connectivity index (χ0) is 11.6. The van der Waals surface area contributed by atoms with Gasteiger partial charge in [-0.1, -0.05) is 0 Å². The van der Waals surface area contributed by atoms with Crippen molar-refractivity contribution in [1.82, 2.24) is 9.78 Å². The SMILES string of the molecule is CC1CC(O)(CCc2ccnn2C)CCO1. The van der Waals surface area contributed by atoms with E-state index in [1.807, 2.05) is 24.7 Å². The van der Waals surface area contributed by atoms with Gasteiger partial charge < -0.3 is 9.84 Å². The van der Waals surface area contributed by atoms with Crippen molar-refractivity contribution in [2.24, 2.45) is 7.05 Å². The van der Waals surface area contributed by atoms with Gasteiger partial charge in [0.2, 0.25) is 0 Å². The van der Waals surface area contributed by atoms with Crippen LogP contribution in [0.3, 0.4) is 0 Å². The van der Waals surface area contributed by atoms with Gasteiger partial charge in [0, 0.05) is 32.0 Å². The number of aromatic nitrogens is 2. The van der Waals surface area contributed by atoms with Crippen LogP contribution in [-0.4, -0.2) is 33.2 Å². The van der Waals surface area contributed by atoms with E-state index in [1.54, 1.807) is 6.20 Å². The van der Waals surface area contributed by atoms with Crippen LogP contribution in [0.5, 0.6) is 0 Å². The van der Waals surface area contributed by atoms with Crippen LogP contribution in [0.4, 0.5) is 0 Å². The summed E-state index contributed by atoms with van der Waals surface area (Å²) in [7, 11) is 1.94. The largest absolute Gasteiger partial charge is 0.390 e. The van der Waals surface area contributed by atoms with Gasteiger partial charge in [0.15, 0.2) is 0 Å². The van der Waals surface area contributed by atoms with Crippen LogP contribution >= 0.6 is 0 Å². The molecule has 1 N–H and O–H groups in total. The van der Waals surface area contributed by atoms with E-state index in [4.69, 9.17) is 4.74 Å². The summed E-state index contributed by atoms with van der Waals surface area (Å²) < 4.78 is 7.32. The minimum absolute atomic E-state index is 0.172. The molecule has 1 saturated heterocycles. The Balaban J connectivity index is 1.91. The summed E-state index contributed by atoms with van der Waals surface area (Å²) in [5.74, 6) is 0. The molecule has 1 aliphatic heterocycles. The van der Waals surface area contributed by atoms with Crippen LogP contribution in [0.25, 0.3) is 0 Å². The molecule has 2 heterocycles. The fraction of sp³-hybridized carbons (Fsp3) is 0.750. The Morgan fingerprint density at radius 2 is 2.50 bits per heavy atom. The number of ether oxygens (including phenoxy) is 1. The second-order valence-corrected chi connectivity index (χ2v) is 4.81. The maximum atomic E-state index is 10.4. The van der Waals surface area contributed by atoms with Crippen LogP contribution in [0, 0.1) is 0 Å². The topological polar surface area (TPSA) is 47.3 Å². The number of hydrogen-bond donors (Lipinski definition) is 1. The summed E-state index contributed by atoms with van der Waals surface area (Å²) in [6, 6.07) is 2.01. The molecule has 4 heteroatoms. The molecule has 1 fully saturated rings. The van der Waals surface area contributed by atoms with Gasteiger partial charge in [0.1, 0.15) is 0 Å². The highest BCUT2D eigenvalue weighted by atomic mass is 16.5. The van der Waals surface area contributed by atoms with Gasteiger partial charge in [0.05, 0.1) is 11.7 Å². The quantitative estimate of drug-likeness (QED) is 0.841. The molecule has 1 aliphatic rings. The van der Waals surface area contributed by atoms with E-state index in [0.717, 1.165) is 25.7 Å². The molecular weight excluding hydrogens is 204 g/mol. The maximum absolute atomic E-state index is 10.4. The van der Waals surface area contributed by atoms with Gasteiger partial charge in [0.25, 0.3) is 0 Å². The van der Waals surface area contributed by atoms with Crippen molar-refractivity contribution in [1.29, 1.82) is 0 Å². The zero-order valence-corrected chi connectivity index (χ0v) is 10.0. The minimum Gasteiger partial charge on any atom is -0.390 e. The normalized spacial score (nSPS) is 30.6. The van der Waals surface area contributed by atoms with Gasteiger partial charge in [-0.3, -0.25) is 4.68 Å². The first-order valence-corrected chi connectivity index (χ1v) is 5.90. The first kappa shape index (κ1) is 11.6. The molecule has 1 aromatic heterocycles. The molecule has 0 bridgehead atoms. The number of aliphatic hydroxyl groups is 1. The summed E-state index contributed by atoms with van der Waals surface area (Å²) in [5, 5.41) is 14.6. The molecule has 2 unspecified atom stereocenters. The molecule has 2 atom stereocenters. The van der Waals surface area contributed by atoms with Crippen LogP contribution in [0.2, 0.25) is 0 Å². The summed E-state index contributed by atoms with van der Waals surface area (Å²) in [4.78, 5) is 0. The third-order valence-corrected chi connectivity index (χ3v) is 3.41. The predicted octanol–water partition coefficient (Wildman–Crippen LogP) is 1.28. The van der Waals surface area contributed by atoms with Crippen molar-refractivity contribution in [2.45, 2.75) is 44.3 Å². The average Bonchev–Trinajstić information content (AvgIpc) is 2.61. The molecule has 0 aromatic carbocycles. The molecule has 0 radical (unpaired) electrons. The first-order valence-electron chi connectivity index (χ1n) is 5.90. The molecule has 0 aliphatic carbocycles. The average molecular weight is 224 g/mol. The van der Waals surface area contributed by atoms with E-state index in [0.29, 0.717) is 6.61 Å². The fourth-order valence-corrected chi connectivity index (χ4v) is 2.38. The Bertz CT molecular complexity index is 351. The maximum Gasteiger partial charge on any atom is 0.0698 e. The molecule has 4 nitrogen and oxygen atoms in total. The van der Waals surface area contributed by atoms with Crippen molar-refractivity contribution in [3.05, 3.63) is 18.0 Å². The second kappa shape index (κ2) is 4.55. The van der Waals surface area contributed by atoms with E-state index in [9.17, 15) is 5.11 Å². The summed E-state index contributed by atoms with van der Waals surface area (Å²) in [5.41, 5.74) is 0.620. The highest BCUT2D eigenvalue weighted by Crippen LogP contribution is 2.29. The van der Waals surface area contributed by atoms with Crippen molar-refractivity contribution in [3.8, 4) is 0 Å². The molecule has 0 saturated carbocycles. The molecule has 1 aromatic rings. The van der Waals surface area contributed by atoms with E-state index in [2.05, 4.69) is 5.10 Å². The van der Waals surface area contributed by atoms with E-state index in [1.165, 1.54) is 5.69 Å². The fourth-order valence-electron chi connectivity index (χ4n) is 2.38. The molecule has 0 amide bonds. The van der Waals surface area contributed by atoms with Crippen LogP contribution in [0.15, 0.2) is 12.3 Å². The lowest BCUT2D eigenvalue weighted by Crippen LogP contribution is -2.40. The Labute approximate surface area is 96.2 Å². The van der Waals surface area contributed by atoms with Crippen molar-refractivity contribution in [3.63, 3.8) is 0 Å². The lowest BCUT2D eigenvalue weighted by atomic mass is 9.86. The van der Waals surface area contributed by atoms with Gasteiger partial charge >= 0.3 is 0 Å². The number of hydrogen-bond acceptors (Lipinski definition) is 3. The minimum atomic E-state index is -0.554. The second-order valence-electron chi connectivity index (χ2n) is 4.81. The van der Waals surface area contributed by atoms with Crippen LogP contribution in [0.1, 0.15) is 31.9 Å². The number of nitrogens with zero attached hydrogens (tertiary/aromatic N) is 2. The Kier molecular flexibility index (Phi) is 3.30. The van der Waals surface area contributed by atoms with Gasteiger partial charge in [-0.05, 0) is 32.3 Å². The van der Waals surface area contributed by atoms with Gasteiger partial charge in [-0.15, -0.1) is 0 Å². The smallest absolute Gasteiger partial charge is 0.0698 e. The Morgan fingerprint density at radius 1 is 1.69 bits per heavy atom. The lowest BCUT2D eigenvalue weighted by molar-refractivity contribution is -0.100. The highest BCUT2D eigenvalue weighted by Gasteiger charge is 2.32. The standard InChI is InChI=1S/C12H20N2O2/c1-10-9-12(15,6-8-16-10)5-3-11-4-7-13-14(11)2/h4,7,10,15H,3,5-6,8-9H2,1-2H3. The summed E-state index contributed by atoms with van der Waals surface area (Å²) in [6.45, 7) is 2.69. The Morgan fingerprint density at radius 3 is 3.12 bits per heavy atom. The molecule has 2 rings (SSSR count). The molecule has 90 valence electrons. The third-order valence-electron chi connectivity index (χ3n) is 3.41. The lowest BCUT2D eigenvalue weighted by Gasteiger charge is -2.35. The predicted molar refractivity (Wildman–Crippen MR) is 61.1 cm³/mol. The summed E-state index contributed by atoms with van der Waals surface area (Å²) in [6.07, 6.45) is 5.12. The number of rotatable bonds is 3.